The molecule has 1 aromatic heterocycles. The number of carboxylic acids is 1. The predicted octanol–water partition coefficient (Wildman–Crippen LogP) is 2.86. The molecule has 2 aromatic rings. The van der Waals surface area contributed by atoms with Crippen LogP contribution >= 0.6 is 15.9 Å². The van der Waals surface area contributed by atoms with Gasteiger partial charge in [-0.05, 0) is 24.1 Å². The summed E-state index contributed by atoms with van der Waals surface area (Å²) in [4.78, 5) is 15.7. The maximum absolute atomic E-state index is 11.5. The number of aryl methyl sites for hydroxylation is 1. The third-order valence-corrected chi connectivity index (χ3v) is 3.56. The summed E-state index contributed by atoms with van der Waals surface area (Å²) in [6, 6.07) is 7.37. The summed E-state index contributed by atoms with van der Waals surface area (Å²) in [5.41, 5.74) is 0.762. The van der Waals surface area contributed by atoms with Gasteiger partial charge in [0.1, 0.15) is 12.2 Å². The highest BCUT2D eigenvalue weighted by Gasteiger charge is 2.23. The Labute approximate surface area is 125 Å². The van der Waals surface area contributed by atoms with E-state index in [0.29, 0.717) is 12.2 Å². The Morgan fingerprint density at radius 1 is 1.50 bits per heavy atom. The molecule has 0 fully saturated rings. The molecule has 20 heavy (non-hydrogen) atoms. The minimum atomic E-state index is -0.853. The average molecular weight is 338 g/mol. The molecule has 6 heteroatoms. The van der Waals surface area contributed by atoms with Crippen LogP contribution in [0.15, 0.2) is 35.1 Å². The van der Waals surface area contributed by atoms with E-state index in [2.05, 4.69) is 32.9 Å². The van der Waals surface area contributed by atoms with Gasteiger partial charge >= 0.3 is 5.97 Å². The molecule has 5 nitrogen and oxygen atoms in total. The molecular weight excluding hydrogens is 322 g/mol. The molecule has 1 unspecified atom stereocenters. The number of aromatic nitrogens is 3. The quantitative estimate of drug-likeness (QED) is 0.879. The molecular formula is C14H16BrN3O2. The third kappa shape index (κ3) is 3.45. The monoisotopic (exact) mass is 337 g/mol. The minimum absolute atomic E-state index is 0.339. The van der Waals surface area contributed by atoms with E-state index in [1.165, 1.54) is 6.33 Å². The lowest BCUT2D eigenvalue weighted by Gasteiger charge is -2.13. The zero-order valence-corrected chi connectivity index (χ0v) is 12.7. The SMILES string of the molecule is CCCn1ncnc1CC(C(=O)O)c1cccc(Br)c1. The second-order valence-corrected chi connectivity index (χ2v) is 5.47. The van der Waals surface area contributed by atoms with Crippen LogP contribution in [0.25, 0.3) is 0 Å². The van der Waals surface area contributed by atoms with Crippen LogP contribution in [0.1, 0.15) is 30.7 Å². The number of benzene rings is 1. The van der Waals surface area contributed by atoms with E-state index >= 15 is 0 Å². The fraction of sp³-hybridized carbons (Fsp3) is 0.357. The first kappa shape index (κ1) is 14.7. The Bertz CT molecular complexity index is 598. The summed E-state index contributed by atoms with van der Waals surface area (Å²) < 4.78 is 2.64. The molecule has 0 saturated heterocycles. The predicted molar refractivity (Wildman–Crippen MR) is 78.5 cm³/mol. The Hall–Kier alpha value is -1.69. The fourth-order valence-electron chi connectivity index (χ4n) is 2.10. The minimum Gasteiger partial charge on any atom is -0.481 e. The lowest BCUT2D eigenvalue weighted by Crippen LogP contribution is -2.17. The molecule has 1 atom stereocenters. The van der Waals surface area contributed by atoms with Crippen molar-refractivity contribution < 1.29 is 9.90 Å². The van der Waals surface area contributed by atoms with Gasteiger partial charge in [0.25, 0.3) is 0 Å². The molecule has 2 rings (SSSR count). The zero-order valence-electron chi connectivity index (χ0n) is 11.2. The van der Waals surface area contributed by atoms with E-state index in [-0.39, 0.29) is 0 Å². The van der Waals surface area contributed by atoms with Crippen molar-refractivity contribution in [1.82, 2.24) is 14.8 Å². The van der Waals surface area contributed by atoms with Gasteiger partial charge < -0.3 is 5.11 Å². The van der Waals surface area contributed by atoms with E-state index in [0.717, 1.165) is 23.0 Å². The van der Waals surface area contributed by atoms with Crippen LogP contribution in [0.5, 0.6) is 0 Å². The van der Waals surface area contributed by atoms with Crippen molar-refractivity contribution in [3.8, 4) is 0 Å². The molecule has 0 aliphatic carbocycles. The highest BCUT2D eigenvalue weighted by Crippen LogP contribution is 2.23. The third-order valence-electron chi connectivity index (χ3n) is 3.07. The lowest BCUT2D eigenvalue weighted by molar-refractivity contribution is -0.138. The number of nitrogens with zero attached hydrogens (tertiary/aromatic N) is 3. The van der Waals surface area contributed by atoms with Gasteiger partial charge in [-0.2, -0.15) is 5.10 Å². The van der Waals surface area contributed by atoms with Gasteiger partial charge in [0.15, 0.2) is 0 Å². The second-order valence-electron chi connectivity index (χ2n) is 4.55. The molecule has 0 amide bonds. The van der Waals surface area contributed by atoms with Crippen molar-refractivity contribution in [2.45, 2.75) is 32.2 Å². The standard InChI is InChI=1S/C14H16BrN3O2/c1-2-6-18-13(16-9-17-18)8-12(14(19)20)10-4-3-5-11(15)7-10/h3-5,7,9,12H,2,6,8H2,1H3,(H,19,20). The maximum Gasteiger partial charge on any atom is 0.311 e. The summed E-state index contributed by atoms with van der Waals surface area (Å²) in [5, 5.41) is 13.6. The Kier molecular flexibility index (Phi) is 4.89. The number of aliphatic carboxylic acids is 1. The topological polar surface area (TPSA) is 68.0 Å². The van der Waals surface area contributed by atoms with Gasteiger partial charge in [0.05, 0.1) is 5.92 Å². The Balaban J connectivity index is 2.26. The molecule has 0 saturated carbocycles. The highest BCUT2D eigenvalue weighted by atomic mass is 79.9. The van der Waals surface area contributed by atoms with Gasteiger partial charge in [-0.3, -0.25) is 9.48 Å². The van der Waals surface area contributed by atoms with Crippen LogP contribution in [0.3, 0.4) is 0 Å². The molecule has 0 radical (unpaired) electrons. The molecule has 106 valence electrons. The number of halogens is 1. The van der Waals surface area contributed by atoms with Gasteiger partial charge in [0, 0.05) is 17.4 Å². The van der Waals surface area contributed by atoms with E-state index in [4.69, 9.17) is 0 Å². The van der Waals surface area contributed by atoms with Crippen molar-refractivity contribution >= 4 is 21.9 Å². The normalized spacial score (nSPS) is 12.3. The largest absolute Gasteiger partial charge is 0.481 e. The van der Waals surface area contributed by atoms with E-state index in [1.54, 1.807) is 4.68 Å². The second kappa shape index (κ2) is 6.65. The summed E-state index contributed by atoms with van der Waals surface area (Å²) >= 11 is 3.37. The van der Waals surface area contributed by atoms with Crippen molar-refractivity contribution in [3.05, 3.63) is 46.5 Å². The van der Waals surface area contributed by atoms with Gasteiger partial charge in [-0.15, -0.1) is 0 Å². The molecule has 0 aliphatic heterocycles. The maximum atomic E-state index is 11.5. The lowest BCUT2D eigenvalue weighted by atomic mass is 9.95. The number of hydrogen-bond acceptors (Lipinski definition) is 3. The smallest absolute Gasteiger partial charge is 0.311 e. The summed E-state index contributed by atoms with van der Waals surface area (Å²) in [7, 11) is 0. The van der Waals surface area contributed by atoms with Crippen LogP contribution in [-0.4, -0.2) is 25.8 Å². The first-order chi connectivity index (χ1) is 9.61. The van der Waals surface area contributed by atoms with Crippen LogP contribution in [0.4, 0.5) is 0 Å². The zero-order chi connectivity index (χ0) is 14.5. The van der Waals surface area contributed by atoms with Crippen LogP contribution in [-0.2, 0) is 17.8 Å². The summed E-state index contributed by atoms with van der Waals surface area (Å²) in [6.07, 6.45) is 2.75. The van der Waals surface area contributed by atoms with E-state index < -0.39 is 11.9 Å². The van der Waals surface area contributed by atoms with Gasteiger partial charge in [-0.1, -0.05) is 35.0 Å². The number of hydrogen-bond donors (Lipinski definition) is 1. The Morgan fingerprint density at radius 2 is 2.30 bits per heavy atom. The summed E-state index contributed by atoms with van der Waals surface area (Å²) in [6.45, 7) is 2.80. The number of rotatable bonds is 6. The number of carboxylic acid groups (broad SMARTS) is 1. The van der Waals surface area contributed by atoms with Gasteiger partial charge in [0.2, 0.25) is 0 Å². The Morgan fingerprint density at radius 3 is 2.95 bits per heavy atom. The van der Waals surface area contributed by atoms with Crippen molar-refractivity contribution in [2.24, 2.45) is 0 Å². The molecule has 1 N–H and O–H groups in total. The van der Waals surface area contributed by atoms with E-state index in [9.17, 15) is 9.90 Å². The molecule has 1 heterocycles. The van der Waals surface area contributed by atoms with Crippen molar-refractivity contribution in [2.75, 3.05) is 0 Å². The molecule has 0 aliphatic rings. The number of carbonyl (C=O) groups is 1. The van der Waals surface area contributed by atoms with Crippen LogP contribution in [0, 0.1) is 0 Å². The first-order valence-corrected chi connectivity index (χ1v) is 7.26. The average Bonchev–Trinajstić information content (AvgIpc) is 2.83. The van der Waals surface area contributed by atoms with E-state index in [1.807, 2.05) is 24.3 Å². The van der Waals surface area contributed by atoms with Crippen LogP contribution < -0.4 is 0 Å². The van der Waals surface area contributed by atoms with Gasteiger partial charge in [-0.25, -0.2) is 4.98 Å². The first-order valence-electron chi connectivity index (χ1n) is 6.46. The molecule has 0 spiro atoms. The molecule has 0 bridgehead atoms. The van der Waals surface area contributed by atoms with Crippen molar-refractivity contribution in [1.29, 1.82) is 0 Å². The van der Waals surface area contributed by atoms with Crippen molar-refractivity contribution in [3.63, 3.8) is 0 Å². The fourth-order valence-corrected chi connectivity index (χ4v) is 2.52. The molecule has 1 aromatic carbocycles. The van der Waals surface area contributed by atoms with Crippen LogP contribution in [0.2, 0.25) is 0 Å². The summed E-state index contributed by atoms with van der Waals surface area (Å²) in [5.74, 6) is -0.763. The highest BCUT2D eigenvalue weighted by molar-refractivity contribution is 9.10.